The monoisotopic (exact) mass is 1230 g/mol. The quantitative estimate of drug-likeness (QED) is 0.0549. The zero-order valence-electron chi connectivity index (χ0n) is 56.6. The highest BCUT2D eigenvalue weighted by molar-refractivity contribution is 5.94. The fraction of sp³-hybridized carbons (Fsp3) is 0.671. The lowest BCUT2D eigenvalue weighted by atomic mass is 9.82. The van der Waals surface area contributed by atoms with Gasteiger partial charge in [0.1, 0.15) is 0 Å². The minimum atomic E-state index is -1.15. The lowest BCUT2D eigenvalue weighted by Gasteiger charge is -2.34. The van der Waals surface area contributed by atoms with Crippen molar-refractivity contribution in [3.63, 3.8) is 0 Å². The van der Waals surface area contributed by atoms with Gasteiger partial charge in [-0.15, -0.1) is 52.6 Å². The summed E-state index contributed by atoms with van der Waals surface area (Å²) in [6.07, 6.45) is 20.6. The Bertz CT molecular complexity index is 2180. The van der Waals surface area contributed by atoms with E-state index in [1.165, 1.54) is 19.6 Å². The normalized spacial score (nSPS) is 22.5. The molecule has 11 atom stereocenters. The van der Waals surface area contributed by atoms with Gasteiger partial charge in [0.2, 0.25) is 47.3 Å². The first-order valence-electron chi connectivity index (χ1n) is 33.9. The molecule has 4 fully saturated rings. The number of nitrogens with zero attached hydrogens (tertiary/aromatic N) is 8. The summed E-state index contributed by atoms with van der Waals surface area (Å²) in [5.74, 6) is -1.16. The van der Waals surface area contributed by atoms with Gasteiger partial charge in [-0.3, -0.25) is 38.4 Å². The van der Waals surface area contributed by atoms with E-state index >= 15 is 0 Å². The molecule has 0 aliphatic carbocycles. The number of rotatable bonds is 39. The Labute approximate surface area is 538 Å². The van der Waals surface area contributed by atoms with Gasteiger partial charge in [0.15, 0.2) is 0 Å². The zero-order chi connectivity index (χ0) is 66.3. The average molecular weight is 1240 g/mol. The molecule has 0 aromatic carbocycles. The van der Waals surface area contributed by atoms with Crippen molar-refractivity contribution < 1.29 is 38.4 Å². The van der Waals surface area contributed by atoms with Gasteiger partial charge in [-0.2, -0.15) is 0 Å². The van der Waals surface area contributed by atoms with Crippen LogP contribution in [0.3, 0.4) is 0 Å². The molecule has 4 heterocycles. The van der Waals surface area contributed by atoms with Gasteiger partial charge in [-0.05, 0) is 53.3 Å². The second-order valence-electron chi connectivity index (χ2n) is 25.5. The first-order valence-corrected chi connectivity index (χ1v) is 33.9. The molecule has 0 aromatic heterocycles. The van der Waals surface area contributed by atoms with E-state index in [-0.39, 0.29) is 120 Å². The number of hydrogen-bond donors (Lipinski definition) is 0. The maximum atomic E-state index is 14.8. The van der Waals surface area contributed by atoms with Gasteiger partial charge in [-0.1, -0.05) is 155 Å². The van der Waals surface area contributed by atoms with E-state index in [0.29, 0.717) is 60.4 Å². The first kappa shape index (κ1) is 76.9. The summed E-state index contributed by atoms with van der Waals surface area (Å²) in [6.45, 7) is 54.9. The summed E-state index contributed by atoms with van der Waals surface area (Å²) in [5.41, 5.74) is 0. The van der Waals surface area contributed by atoms with Crippen LogP contribution in [0.4, 0.5) is 0 Å². The van der Waals surface area contributed by atoms with E-state index in [1.54, 1.807) is 48.6 Å². The molecular formula is C73H118N8O8. The molecule has 89 heavy (non-hydrogen) atoms. The fourth-order valence-corrected chi connectivity index (χ4v) is 14.5. The second kappa shape index (κ2) is 40.4. The van der Waals surface area contributed by atoms with Gasteiger partial charge in [-0.25, -0.2) is 0 Å². The van der Waals surface area contributed by atoms with Crippen LogP contribution < -0.4 is 0 Å². The van der Waals surface area contributed by atoms with E-state index in [4.69, 9.17) is 0 Å². The lowest BCUT2D eigenvalue weighted by Crippen LogP contribution is -2.49. The Morgan fingerprint density at radius 1 is 0.315 bits per heavy atom. The van der Waals surface area contributed by atoms with Gasteiger partial charge in [0, 0.05) is 137 Å². The summed E-state index contributed by atoms with van der Waals surface area (Å²) in [4.78, 5) is 126. The summed E-state index contributed by atoms with van der Waals surface area (Å²) >= 11 is 0. The number of hydrogen-bond acceptors (Lipinski definition) is 8. The predicted octanol–water partition coefficient (Wildman–Crippen LogP) is 10.8. The first-order chi connectivity index (χ1) is 42.7. The largest absolute Gasteiger partial charge is 0.342 e. The molecule has 0 N–H and O–H groups in total. The molecule has 0 aromatic rings. The van der Waals surface area contributed by atoms with Crippen LogP contribution in [0.1, 0.15) is 139 Å². The molecule has 4 aliphatic rings. The number of carbonyl (C=O) groups excluding carboxylic acids is 8. The highest BCUT2D eigenvalue weighted by Gasteiger charge is 2.46. The van der Waals surface area contributed by atoms with Crippen molar-refractivity contribution in [3.05, 3.63) is 101 Å². The van der Waals surface area contributed by atoms with Crippen LogP contribution in [-0.2, 0) is 38.4 Å². The van der Waals surface area contributed by atoms with Crippen molar-refractivity contribution in [3.8, 4) is 0 Å². The van der Waals surface area contributed by atoms with Crippen molar-refractivity contribution in [1.29, 1.82) is 0 Å². The summed E-state index contributed by atoms with van der Waals surface area (Å²) < 4.78 is 0. The minimum absolute atomic E-state index is 0.00906. The zero-order valence-corrected chi connectivity index (χ0v) is 56.6. The van der Waals surface area contributed by atoms with Crippen molar-refractivity contribution >= 4 is 47.3 Å². The SMILES string of the molecule is C=CCN(CC=C)C(=O)CC(C(=O)N(CC=C)CC=C)C(CC(=O)N(CC=C)CC=C)C(=O)N(CC=C)CC=C.CCC1CN(C(=O)CC(CC(=O)N2CC(CC)C(CC)C2)C(CC(=O)N2CC(CC)C(CC)C2)C(=O)N2CC(CC)C(CC)C2)CC1CC. The average Bonchev–Trinajstić information content (AvgIpc) is 2.35. The van der Waals surface area contributed by atoms with Crippen LogP contribution in [0.25, 0.3) is 0 Å². The van der Waals surface area contributed by atoms with E-state index < -0.39 is 35.5 Å². The second-order valence-corrected chi connectivity index (χ2v) is 25.5. The summed E-state index contributed by atoms with van der Waals surface area (Å²) in [5, 5.41) is 0. The van der Waals surface area contributed by atoms with Crippen molar-refractivity contribution in [2.45, 2.75) is 139 Å². The Hall–Kier alpha value is -6.32. The van der Waals surface area contributed by atoms with E-state index in [9.17, 15) is 38.4 Å². The van der Waals surface area contributed by atoms with E-state index in [2.05, 4.69) is 108 Å². The third-order valence-corrected chi connectivity index (χ3v) is 20.1. The topological polar surface area (TPSA) is 162 Å². The third-order valence-electron chi connectivity index (χ3n) is 20.1. The molecule has 0 saturated carbocycles. The lowest BCUT2D eigenvalue weighted by molar-refractivity contribution is -0.151. The Balaban J connectivity index is 0.000000477. The summed E-state index contributed by atoms with van der Waals surface area (Å²) in [7, 11) is 0. The maximum Gasteiger partial charge on any atom is 0.227 e. The Kier molecular flexibility index (Phi) is 34.9. The van der Waals surface area contributed by atoms with Crippen LogP contribution in [0.5, 0.6) is 0 Å². The van der Waals surface area contributed by atoms with Crippen LogP contribution in [0.2, 0.25) is 0 Å². The number of carbonyl (C=O) groups is 8. The molecule has 16 heteroatoms. The molecule has 0 spiro atoms. The third kappa shape index (κ3) is 22.0. The Morgan fingerprint density at radius 3 is 0.753 bits per heavy atom. The number of amides is 8. The van der Waals surface area contributed by atoms with Crippen molar-refractivity contribution in [1.82, 2.24) is 39.2 Å². The summed E-state index contributed by atoms with van der Waals surface area (Å²) in [6, 6.07) is 0. The molecule has 0 radical (unpaired) electrons. The minimum Gasteiger partial charge on any atom is -0.342 e. The smallest absolute Gasteiger partial charge is 0.227 e. The molecule has 4 rings (SSSR count). The molecule has 8 amide bonds. The maximum absolute atomic E-state index is 14.8. The molecule has 0 bridgehead atoms. The Morgan fingerprint density at radius 2 is 0.528 bits per heavy atom. The van der Waals surface area contributed by atoms with Crippen LogP contribution in [0, 0.1) is 71.0 Å². The van der Waals surface area contributed by atoms with Gasteiger partial charge >= 0.3 is 0 Å². The van der Waals surface area contributed by atoms with Crippen LogP contribution in [-0.4, -0.2) is 191 Å². The van der Waals surface area contributed by atoms with Gasteiger partial charge in [0.05, 0.1) is 17.8 Å². The number of likely N-dealkylation sites (tertiary alicyclic amines) is 4. The van der Waals surface area contributed by atoms with Gasteiger partial charge in [0.25, 0.3) is 0 Å². The van der Waals surface area contributed by atoms with E-state index in [1.807, 2.05) is 19.6 Å². The molecular weight excluding hydrogens is 1120 g/mol. The van der Waals surface area contributed by atoms with Gasteiger partial charge < -0.3 is 39.2 Å². The fourth-order valence-electron chi connectivity index (χ4n) is 14.5. The highest BCUT2D eigenvalue weighted by Crippen LogP contribution is 2.38. The van der Waals surface area contributed by atoms with Crippen LogP contribution >= 0.6 is 0 Å². The molecule has 498 valence electrons. The van der Waals surface area contributed by atoms with Crippen LogP contribution in [0.15, 0.2) is 101 Å². The van der Waals surface area contributed by atoms with Crippen molar-refractivity contribution in [2.24, 2.45) is 71.0 Å². The molecule has 11 unspecified atom stereocenters. The van der Waals surface area contributed by atoms with E-state index in [0.717, 1.165) is 90.6 Å². The molecule has 16 nitrogen and oxygen atoms in total. The standard InChI is InChI=1S/C41H72N4O4.C32H46N4O4/c1-9-28-20-42(21-29(28)10-2)38(46)17-36(18-39(47)43-22-30(11-3)31(12-4)23-43)37(41(49)45-26-34(15-7)35(16-8)27-45)19-40(48)44-24-32(13-5)33(14-6)25-44;1-9-17-33(18-10-2)29(37)25-27(31(39)35(21-13-5)22-14-6)28(32(40)36(23-15-7)24-16-8)26-30(38)34(19-11-3)20-12-4/h28-37H,9-27H2,1-8H3;9-16,27-28H,1-8,17-26H2. The molecule has 4 aliphatic heterocycles. The molecule has 4 saturated heterocycles. The highest BCUT2D eigenvalue weighted by atomic mass is 16.2. The van der Waals surface area contributed by atoms with Crippen molar-refractivity contribution in [2.75, 3.05) is 105 Å². The predicted molar refractivity (Wildman–Crippen MR) is 362 cm³/mol.